The molecule has 2 heterocycles. The molecule has 2 aliphatic rings. The molecule has 2 saturated heterocycles. The first-order valence-electron chi connectivity index (χ1n) is 11.6. The number of carboxylic acids is 1. The molecule has 11 heteroatoms. The number of nitrogens with zero attached hydrogens (tertiary/aromatic N) is 4. The number of nitrogens with one attached hydrogen (secondary N) is 1. The lowest BCUT2D eigenvalue weighted by Crippen LogP contribution is -2.76. The second-order valence-corrected chi connectivity index (χ2v) is 8.76. The van der Waals surface area contributed by atoms with Gasteiger partial charge in [0.15, 0.2) is 0 Å². The molecule has 2 atom stereocenters. The molecule has 0 bridgehead atoms. The lowest BCUT2D eigenvalue weighted by atomic mass is 10.0. The second kappa shape index (κ2) is 11.1. The molecule has 2 aliphatic heterocycles. The fraction of sp³-hybridized carbons (Fsp3) is 0.308. The number of benzene rings is 2. The molecule has 2 N–H and O–H groups in total. The first-order valence-corrected chi connectivity index (χ1v) is 11.6. The molecule has 0 spiro atoms. The number of terminal acetylenes is 1. The van der Waals surface area contributed by atoms with Gasteiger partial charge in [-0.15, -0.1) is 6.42 Å². The summed E-state index contributed by atoms with van der Waals surface area (Å²) < 4.78 is 13.4. The van der Waals surface area contributed by atoms with Crippen LogP contribution in [0.15, 0.2) is 54.6 Å². The molecule has 4 amide bonds. The van der Waals surface area contributed by atoms with Crippen molar-refractivity contribution in [2.24, 2.45) is 0 Å². The zero-order valence-corrected chi connectivity index (χ0v) is 19.9. The Morgan fingerprint density at radius 1 is 1.08 bits per heavy atom. The average molecular weight is 508 g/mol. The van der Waals surface area contributed by atoms with Crippen molar-refractivity contribution in [3.63, 3.8) is 0 Å². The predicted octanol–water partition coefficient (Wildman–Crippen LogP) is 1.24. The predicted molar refractivity (Wildman–Crippen MR) is 129 cm³/mol. The number of rotatable bonds is 7. The number of piperazine rings is 1. The zero-order valence-electron chi connectivity index (χ0n) is 19.9. The Balaban J connectivity index is 1.66. The number of urea groups is 1. The van der Waals surface area contributed by atoms with Crippen molar-refractivity contribution in [3.05, 3.63) is 71.5 Å². The van der Waals surface area contributed by atoms with Gasteiger partial charge in [-0.1, -0.05) is 48.4 Å². The maximum absolute atomic E-state index is 13.4. The van der Waals surface area contributed by atoms with Gasteiger partial charge in [0.1, 0.15) is 18.0 Å². The highest BCUT2D eigenvalue weighted by atomic mass is 19.1. The van der Waals surface area contributed by atoms with Crippen LogP contribution in [0.5, 0.6) is 0 Å². The quantitative estimate of drug-likeness (QED) is 0.546. The number of carboxylic acid groups (broad SMARTS) is 1. The third kappa shape index (κ3) is 5.70. The van der Waals surface area contributed by atoms with Crippen molar-refractivity contribution in [1.29, 1.82) is 0 Å². The Bertz CT molecular complexity index is 1220. The number of halogens is 1. The summed E-state index contributed by atoms with van der Waals surface area (Å²) in [6.45, 7) is -0.178. The van der Waals surface area contributed by atoms with Crippen LogP contribution in [0.1, 0.15) is 17.5 Å². The van der Waals surface area contributed by atoms with Gasteiger partial charge >= 0.3 is 12.0 Å². The van der Waals surface area contributed by atoms with Gasteiger partial charge in [0, 0.05) is 13.1 Å². The molecule has 0 aromatic heterocycles. The van der Waals surface area contributed by atoms with Gasteiger partial charge in [-0.2, -0.15) is 5.01 Å². The lowest BCUT2D eigenvalue weighted by molar-refractivity contribution is -0.190. The fourth-order valence-electron chi connectivity index (χ4n) is 4.61. The highest BCUT2D eigenvalue weighted by molar-refractivity contribution is 5.93. The first kappa shape index (κ1) is 25.7. The minimum atomic E-state index is -1.32. The van der Waals surface area contributed by atoms with Crippen molar-refractivity contribution in [1.82, 2.24) is 25.1 Å². The summed E-state index contributed by atoms with van der Waals surface area (Å²) in [5.74, 6) is -0.327. The van der Waals surface area contributed by atoms with E-state index in [-0.39, 0.29) is 32.7 Å². The van der Waals surface area contributed by atoms with Gasteiger partial charge in [-0.05, 0) is 23.3 Å². The molecule has 0 aliphatic carbocycles. The highest BCUT2D eigenvalue weighted by Crippen LogP contribution is 2.29. The van der Waals surface area contributed by atoms with Crippen LogP contribution in [0.2, 0.25) is 0 Å². The number of aliphatic carboxylic acids is 1. The fourth-order valence-corrected chi connectivity index (χ4v) is 4.61. The standard InChI is InChI=1S/C26H26FN5O5/c1-2-12-30-17-23(33)31-21(13-24(34)35)25(36)29(15-19-8-10-20(27)11-9-19)16-22(31)32(30)26(37)28-14-18-6-4-3-5-7-18/h1,3-11,21-22H,12-17H2,(H,28,37)(H,34,35)/t21-,22-/m0/s1. The third-order valence-corrected chi connectivity index (χ3v) is 6.25. The maximum Gasteiger partial charge on any atom is 0.334 e. The van der Waals surface area contributed by atoms with E-state index in [0.717, 1.165) is 5.56 Å². The molecule has 0 radical (unpaired) electrons. The summed E-state index contributed by atoms with van der Waals surface area (Å²) in [4.78, 5) is 54.2. The second-order valence-electron chi connectivity index (χ2n) is 8.76. The third-order valence-electron chi connectivity index (χ3n) is 6.25. The molecule has 192 valence electrons. The van der Waals surface area contributed by atoms with Crippen LogP contribution in [0.3, 0.4) is 0 Å². The van der Waals surface area contributed by atoms with Crippen LogP contribution >= 0.6 is 0 Å². The van der Waals surface area contributed by atoms with Crippen molar-refractivity contribution >= 4 is 23.8 Å². The average Bonchev–Trinajstić information content (AvgIpc) is 2.87. The normalized spacial score (nSPS) is 19.8. The SMILES string of the molecule is C#CCN1CC(=O)N2[C@@H](CC(=O)O)C(=O)N(Cc3ccc(F)cc3)C[C@@H]2N1C(=O)NCc1ccccc1. The van der Waals surface area contributed by atoms with Gasteiger partial charge in [0.25, 0.3) is 0 Å². The van der Waals surface area contributed by atoms with Crippen LogP contribution in [-0.4, -0.2) is 80.6 Å². The van der Waals surface area contributed by atoms with Crippen LogP contribution in [0.25, 0.3) is 0 Å². The lowest BCUT2D eigenvalue weighted by Gasteiger charge is -2.54. The van der Waals surface area contributed by atoms with Gasteiger partial charge in [0.05, 0.1) is 26.1 Å². The number of hydrogen-bond donors (Lipinski definition) is 2. The Kier molecular flexibility index (Phi) is 7.69. The minimum absolute atomic E-state index is 0.0440. The van der Waals surface area contributed by atoms with E-state index in [9.17, 15) is 28.7 Å². The summed E-state index contributed by atoms with van der Waals surface area (Å²) >= 11 is 0. The van der Waals surface area contributed by atoms with E-state index >= 15 is 0 Å². The van der Waals surface area contributed by atoms with Crippen molar-refractivity contribution in [3.8, 4) is 12.3 Å². The Labute approximate surface area is 213 Å². The Hall–Kier alpha value is -4.43. The number of fused-ring (bicyclic) bond motifs is 1. The molecule has 4 rings (SSSR count). The van der Waals surface area contributed by atoms with Gasteiger partial charge < -0.3 is 20.2 Å². The van der Waals surface area contributed by atoms with Crippen molar-refractivity contribution in [2.75, 3.05) is 19.6 Å². The van der Waals surface area contributed by atoms with E-state index in [0.29, 0.717) is 5.56 Å². The van der Waals surface area contributed by atoms with Gasteiger partial charge in [-0.25, -0.2) is 14.2 Å². The maximum atomic E-state index is 13.4. The van der Waals surface area contributed by atoms with Gasteiger partial charge in [-0.3, -0.25) is 14.4 Å². The molecular formula is C26H26FN5O5. The summed E-state index contributed by atoms with van der Waals surface area (Å²) in [5.41, 5.74) is 1.46. The molecule has 2 aromatic rings. The Morgan fingerprint density at radius 2 is 1.78 bits per heavy atom. The summed E-state index contributed by atoms with van der Waals surface area (Å²) in [6, 6.07) is 12.9. The van der Waals surface area contributed by atoms with Crippen LogP contribution < -0.4 is 5.32 Å². The van der Waals surface area contributed by atoms with Gasteiger partial charge in [0.2, 0.25) is 11.8 Å². The summed E-state index contributed by atoms with van der Waals surface area (Å²) in [6.07, 6.45) is 3.89. The van der Waals surface area contributed by atoms with E-state index in [1.165, 1.54) is 44.1 Å². The van der Waals surface area contributed by atoms with E-state index in [4.69, 9.17) is 6.42 Å². The molecular weight excluding hydrogens is 481 g/mol. The molecule has 10 nitrogen and oxygen atoms in total. The van der Waals surface area contributed by atoms with E-state index < -0.39 is 48.3 Å². The largest absolute Gasteiger partial charge is 0.481 e. The number of hydrazine groups is 1. The molecule has 37 heavy (non-hydrogen) atoms. The number of hydrogen-bond acceptors (Lipinski definition) is 5. The monoisotopic (exact) mass is 507 g/mol. The molecule has 2 fully saturated rings. The van der Waals surface area contributed by atoms with Crippen molar-refractivity contribution in [2.45, 2.75) is 31.7 Å². The molecule has 0 unspecified atom stereocenters. The first-order chi connectivity index (χ1) is 17.8. The van der Waals surface area contributed by atoms with E-state index in [1.807, 2.05) is 30.3 Å². The zero-order chi connectivity index (χ0) is 26.5. The van der Waals surface area contributed by atoms with Crippen LogP contribution in [0, 0.1) is 18.2 Å². The Morgan fingerprint density at radius 3 is 2.43 bits per heavy atom. The van der Waals surface area contributed by atoms with E-state index in [2.05, 4.69) is 11.2 Å². The van der Waals surface area contributed by atoms with Crippen LogP contribution in [0.4, 0.5) is 9.18 Å². The number of carbonyl (C=O) groups is 4. The molecule has 0 saturated carbocycles. The topological polar surface area (TPSA) is 114 Å². The number of carbonyl (C=O) groups excluding carboxylic acids is 3. The summed E-state index contributed by atoms with van der Waals surface area (Å²) in [7, 11) is 0. The number of amides is 4. The molecule has 2 aromatic carbocycles. The highest BCUT2D eigenvalue weighted by Gasteiger charge is 2.51. The smallest absolute Gasteiger partial charge is 0.334 e. The minimum Gasteiger partial charge on any atom is -0.481 e. The van der Waals surface area contributed by atoms with E-state index in [1.54, 1.807) is 0 Å². The van der Waals surface area contributed by atoms with Crippen LogP contribution in [-0.2, 0) is 27.5 Å². The van der Waals surface area contributed by atoms with Crippen molar-refractivity contribution < 1.29 is 28.7 Å². The summed E-state index contributed by atoms with van der Waals surface area (Å²) in [5, 5.41) is 15.0.